The number of aliphatic hydroxyl groups excluding tert-OH is 1. The highest BCUT2D eigenvalue weighted by Crippen LogP contribution is 2.35. The maximum Gasteiger partial charge on any atom is 0.249 e. The van der Waals surface area contributed by atoms with E-state index in [0.29, 0.717) is 25.0 Å². The van der Waals surface area contributed by atoms with Crippen molar-refractivity contribution in [3.8, 4) is 0 Å². The van der Waals surface area contributed by atoms with Crippen molar-refractivity contribution in [2.45, 2.75) is 95.3 Å². The third kappa shape index (κ3) is 9.82. The van der Waals surface area contributed by atoms with E-state index in [0.717, 1.165) is 33.0 Å². The average molecular weight is 681 g/mol. The Labute approximate surface area is 284 Å². The van der Waals surface area contributed by atoms with E-state index >= 15 is 0 Å². The number of amides is 2. The molecule has 0 bridgehead atoms. The van der Waals surface area contributed by atoms with E-state index in [1.807, 2.05) is 68.7 Å². The molecule has 2 aliphatic rings. The van der Waals surface area contributed by atoms with Crippen LogP contribution in [0.3, 0.4) is 0 Å². The number of carbonyl (C=O) groups excluding carboxylic acids is 2. The molecule has 47 heavy (non-hydrogen) atoms. The minimum Gasteiger partial charge on any atom is -0.392 e. The molecule has 0 saturated carbocycles. The third-order valence-electron chi connectivity index (χ3n) is 8.12. The fourth-order valence-electron chi connectivity index (χ4n) is 5.90. The van der Waals surface area contributed by atoms with E-state index in [9.17, 15) is 23.1 Å². The summed E-state index contributed by atoms with van der Waals surface area (Å²) >= 11 is 1.62. The molecule has 0 fully saturated rings. The number of nitrogens with zero attached hydrogens (tertiary/aromatic N) is 1. The van der Waals surface area contributed by atoms with Crippen LogP contribution in [0.15, 0.2) is 65.1 Å². The minimum absolute atomic E-state index is 0.130. The first-order valence-electron chi connectivity index (χ1n) is 16.0. The minimum atomic E-state index is -2.49. The van der Waals surface area contributed by atoms with Gasteiger partial charge < -0.3 is 26.0 Å². The van der Waals surface area contributed by atoms with E-state index in [-0.39, 0.29) is 41.6 Å². The quantitative estimate of drug-likeness (QED) is 0.193. The number of benzene rings is 2. The molecule has 2 aromatic rings. The number of para-hydroxylation sites is 1. The van der Waals surface area contributed by atoms with Crippen LogP contribution in [-0.2, 0) is 26.3 Å². The highest BCUT2D eigenvalue weighted by molar-refractivity contribution is 7.98. The van der Waals surface area contributed by atoms with Gasteiger partial charge in [0.25, 0.3) is 0 Å². The monoisotopic (exact) mass is 680 g/mol. The number of rotatable bonds is 11. The topological polar surface area (TPSA) is 128 Å². The summed E-state index contributed by atoms with van der Waals surface area (Å²) in [5, 5.41) is 19.3. The summed E-state index contributed by atoms with van der Waals surface area (Å²) in [5.41, 5.74) is 4.01. The highest BCUT2D eigenvalue weighted by atomic mass is 32.2. The average Bonchev–Trinajstić information content (AvgIpc) is 3.11. The van der Waals surface area contributed by atoms with Crippen molar-refractivity contribution in [3.05, 3.63) is 71.3 Å². The Morgan fingerprint density at radius 2 is 1.83 bits per heavy atom. The zero-order chi connectivity index (χ0) is 34.5. The van der Waals surface area contributed by atoms with Gasteiger partial charge in [-0.1, -0.05) is 30.4 Å². The van der Waals surface area contributed by atoms with Gasteiger partial charge in [-0.15, -0.1) is 11.8 Å². The number of hydrogen-bond acceptors (Lipinski definition) is 8. The van der Waals surface area contributed by atoms with Crippen molar-refractivity contribution >= 4 is 55.7 Å². The van der Waals surface area contributed by atoms with Crippen LogP contribution in [-0.4, -0.2) is 72.8 Å². The SMILES string of the molecule is CSc1ccc2c(c1)CC[C@@H](NC(=O)CC(C)(C)NC[C@@H](C)O)C(=O)N2CC1=CC=C(c2ccccc2NC(C)(C)C)C(=S(=O)=O)C1. The first-order chi connectivity index (χ1) is 22.1. The number of allylic oxidation sites excluding steroid dienone is 3. The zero-order valence-electron chi connectivity index (χ0n) is 28.4. The van der Waals surface area contributed by atoms with Crippen LogP contribution >= 0.6 is 11.8 Å². The Morgan fingerprint density at radius 1 is 1.11 bits per heavy atom. The molecule has 2 atom stereocenters. The van der Waals surface area contributed by atoms with Crippen molar-refractivity contribution in [1.29, 1.82) is 0 Å². The summed E-state index contributed by atoms with van der Waals surface area (Å²) in [5.74, 6) is -0.490. The normalized spacial score (nSPS) is 17.7. The Morgan fingerprint density at radius 3 is 2.49 bits per heavy atom. The Kier molecular flexibility index (Phi) is 11.8. The van der Waals surface area contributed by atoms with Gasteiger partial charge in [-0.3, -0.25) is 9.59 Å². The molecule has 4 N–H and O–H groups in total. The number of aliphatic hydroxyl groups is 1. The van der Waals surface area contributed by atoms with Gasteiger partial charge in [0, 0.05) is 64.4 Å². The zero-order valence-corrected chi connectivity index (χ0v) is 30.1. The van der Waals surface area contributed by atoms with Gasteiger partial charge in [0.05, 0.1) is 11.0 Å². The number of aryl methyl sites for hydroxylation is 1. The van der Waals surface area contributed by atoms with Gasteiger partial charge in [0.15, 0.2) is 0 Å². The van der Waals surface area contributed by atoms with E-state index in [1.165, 1.54) is 0 Å². The van der Waals surface area contributed by atoms with E-state index < -0.39 is 28.0 Å². The maximum atomic E-state index is 14.2. The van der Waals surface area contributed by atoms with Crippen molar-refractivity contribution in [1.82, 2.24) is 10.6 Å². The van der Waals surface area contributed by atoms with Gasteiger partial charge in [-0.05, 0) is 96.0 Å². The largest absolute Gasteiger partial charge is 0.392 e. The number of thioether (sulfide) groups is 1. The van der Waals surface area contributed by atoms with Crippen LogP contribution in [0.5, 0.6) is 0 Å². The smallest absolute Gasteiger partial charge is 0.249 e. The van der Waals surface area contributed by atoms with Gasteiger partial charge in [0.2, 0.25) is 22.1 Å². The van der Waals surface area contributed by atoms with E-state index in [2.05, 4.69) is 42.8 Å². The number of fused-ring (bicyclic) bond motifs is 1. The molecule has 11 heteroatoms. The second-order valence-corrected chi connectivity index (χ2v) is 15.9. The first-order valence-corrected chi connectivity index (χ1v) is 18.3. The van der Waals surface area contributed by atoms with Crippen molar-refractivity contribution in [3.63, 3.8) is 0 Å². The number of carbonyl (C=O) groups is 2. The lowest BCUT2D eigenvalue weighted by Gasteiger charge is -2.30. The molecule has 0 spiro atoms. The molecule has 254 valence electrons. The van der Waals surface area contributed by atoms with Crippen LogP contribution in [0, 0.1) is 0 Å². The van der Waals surface area contributed by atoms with Crippen LogP contribution in [0.1, 0.15) is 71.9 Å². The van der Waals surface area contributed by atoms with Crippen LogP contribution in [0.2, 0.25) is 0 Å². The summed E-state index contributed by atoms with van der Waals surface area (Å²) in [6.07, 6.45) is 6.53. The molecule has 2 aromatic carbocycles. The molecule has 4 rings (SSSR count). The molecule has 1 aliphatic carbocycles. The van der Waals surface area contributed by atoms with E-state index in [4.69, 9.17) is 0 Å². The van der Waals surface area contributed by atoms with Crippen molar-refractivity contribution in [2.75, 3.05) is 29.6 Å². The van der Waals surface area contributed by atoms with Crippen LogP contribution in [0.25, 0.3) is 5.57 Å². The molecule has 0 unspecified atom stereocenters. The lowest BCUT2D eigenvalue weighted by atomic mass is 9.91. The summed E-state index contributed by atoms with van der Waals surface area (Å²) in [4.78, 5) is 30.5. The molecule has 0 aromatic heterocycles. The van der Waals surface area contributed by atoms with E-state index in [1.54, 1.807) is 23.6 Å². The second-order valence-electron chi connectivity index (χ2n) is 14.0. The van der Waals surface area contributed by atoms with Crippen molar-refractivity contribution < 1.29 is 23.1 Å². The lowest BCUT2D eigenvalue weighted by molar-refractivity contribution is -0.128. The number of β-amino-alcohol motifs (C(OH)–C–C–N with tert-alkyl or cyclic N) is 1. The molecule has 1 aliphatic heterocycles. The molecular weight excluding hydrogens is 633 g/mol. The second kappa shape index (κ2) is 15.2. The summed E-state index contributed by atoms with van der Waals surface area (Å²) in [7, 11) is -2.49. The Bertz CT molecular complexity index is 1700. The Hall–Kier alpha value is -3.38. The van der Waals surface area contributed by atoms with Crippen LogP contribution in [0.4, 0.5) is 11.4 Å². The molecule has 9 nitrogen and oxygen atoms in total. The molecule has 0 saturated heterocycles. The molecular formula is C36H48N4O5S2. The Balaban J connectivity index is 1.66. The fourth-order valence-corrected chi connectivity index (χ4v) is 7.02. The molecule has 0 radical (unpaired) electrons. The standard InChI is InChI=1S/C36H48N4O5S2/c1-23(41)21-37-36(5,6)20-33(42)38-30-16-13-25-19-26(46-7)14-17-31(25)40(34(30)43)22-24-12-15-28(32(18-24)47(44)45)27-10-8-9-11-29(27)39-35(2,3)4/h8-12,14-15,17,19,23,30,37,39,41H,13,16,18,20-22H2,1-7H3,(H,38,42)/t23-,30-/m1/s1. The van der Waals surface area contributed by atoms with Gasteiger partial charge in [0.1, 0.15) is 6.04 Å². The third-order valence-corrected chi connectivity index (χ3v) is 9.61. The first kappa shape index (κ1) is 36.5. The summed E-state index contributed by atoms with van der Waals surface area (Å²) in [6, 6.07) is 12.9. The fraction of sp³-hybridized carbons (Fsp3) is 0.472. The van der Waals surface area contributed by atoms with Crippen molar-refractivity contribution in [2.24, 2.45) is 0 Å². The predicted octanol–water partition coefficient (Wildman–Crippen LogP) is 4.99. The van der Waals surface area contributed by atoms with Crippen LogP contribution < -0.4 is 20.9 Å². The maximum absolute atomic E-state index is 14.2. The number of anilines is 2. The summed E-state index contributed by atoms with van der Waals surface area (Å²) in [6.45, 7) is 12.1. The highest BCUT2D eigenvalue weighted by Gasteiger charge is 2.34. The number of hydrogen-bond donors (Lipinski definition) is 4. The molecule has 1 heterocycles. The van der Waals surface area contributed by atoms with Gasteiger partial charge in [-0.2, -0.15) is 8.42 Å². The van der Waals surface area contributed by atoms with Gasteiger partial charge >= 0.3 is 0 Å². The van der Waals surface area contributed by atoms with Gasteiger partial charge in [-0.25, -0.2) is 0 Å². The lowest BCUT2D eigenvalue weighted by Crippen LogP contribution is -2.51. The predicted molar refractivity (Wildman–Crippen MR) is 194 cm³/mol. The summed E-state index contributed by atoms with van der Waals surface area (Å²) < 4.78 is 25.3. The molecule has 2 amide bonds. The number of nitrogens with one attached hydrogen (secondary N) is 3.